The second kappa shape index (κ2) is 9.94. The first-order chi connectivity index (χ1) is 12.1. The van der Waals surface area contributed by atoms with Gasteiger partial charge in [0.1, 0.15) is 0 Å². The number of ether oxygens (including phenoxy) is 1. The molecule has 2 aliphatic carbocycles. The molecule has 0 aromatic rings. The van der Waals surface area contributed by atoms with Crippen molar-refractivity contribution >= 4 is 0 Å². The fourth-order valence-corrected chi connectivity index (χ4v) is 6.71. The average molecular weight is 365 g/mol. The lowest BCUT2D eigenvalue weighted by atomic mass is 9.66. The summed E-state index contributed by atoms with van der Waals surface area (Å²) >= 11 is 0. The monoisotopic (exact) mass is 364 g/mol. The molecule has 0 aromatic heterocycles. The van der Waals surface area contributed by atoms with E-state index in [1.807, 2.05) is 0 Å². The lowest BCUT2D eigenvalue weighted by Gasteiger charge is -2.39. The van der Waals surface area contributed by atoms with Gasteiger partial charge in [0.2, 0.25) is 0 Å². The molecule has 0 bridgehead atoms. The predicted molar refractivity (Wildman–Crippen MR) is 114 cm³/mol. The normalized spacial score (nSPS) is 40.2. The molecule has 2 saturated carbocycles. The van der Waals surface area contributed by atoms with E-state index in [4.69, 9.17) is 4.74 Å². The first kappa shape index (κ1) is 22.3. The average Bonchev–Trinajstić information content (AvgIpc) is 2.97. The summed E-state index contributed by atoms with van der Waals surface area (Å²) in [6, 6.07) is 0. The molecular formula is C25H48O. The molecule has 154 valence electrons. The van der Waals surface area contributed by atoms with Crippen LogP contribution in [-0.4, -0.2) is 13.2 Å². The maximum atomic E-state index is 5.48. The van der Waals surface area contributed by atoms with E-state index < -0.39 is 0 Å². The fraction of sp³-hybridized carbons (Fsp3) is 1.00. The lowest BCUT2D eigenvalue weighted by Crippen LogP contribution is -2.28. The highest BCUT2D eigenvalue weighted by molar-refractivity contribution is 4.83. The quantitative estimate of drug-likeness (QED) is 0.501. The molecule has 0 amide bonds. The summed E-state index contributed by atoms with van der Waals surface area (Å²) < 4.78 is 5.48. The Balaban J connectivity index is 0.000000187. The van der Waals surface area contributed by atoms with Crippen molar-refractivity contribution in [1.82, 2.24) is 0 Å². The van der Waals surface area contributed by atoms with Gasteiger partial charge in [-0.15, -0.1) is 0 Å². The molecule has 1 nitrogen and oxygen atoms in total. The van der Waals surface area contributed by atoms with Gasteiger partial charge in [0, 0.05) is 13.2 Å². The van der Waals surface area contributed by atoms with Gasteiger partial charge in [0.25, 0.3) is 0 Å². The number of rotatable bonds is 3. The summed E-state index contributed by atoms with van der Waals surface area (Å²) in [5, 5.41) is 0. The molecule has 1 aliphatic heterocycles. The highest BCUT2D eigenvalue weighted by Crippen LogP contribution is 2.43. The van der Waals surface area contributed by atoms with Crippen LogP contribution in [0.2, 0.25) is 0 Å². The summed E-state index contributed by atoms with van der Waals surface area (Å²) in [6.45, 7) is 18.9. The molecule has 3 rings (SSSR count). The molecule has 0 aromatic carbocycles. The van der Waals surface area contributed by atoms with Gasteiger partial charge < -0.3 is 4.74 Å². The van der Waals surface area contributed by atoms with Gasteiger partial charge in [-0.05, 0) is 98.2 Å². The van der Waals surface area contributed by atoms with Crippen molar-refractivity contribution in [2.24, 2.45) is 46.8 Å². The van der Waals surface area contributed by atoms with Gasteiger partial charge in [-0.25, -0.2) is 0 Å². The standard InChI is InChI=1S/C13H26.C12H22O/c1-10(2)6-12-7-11(3)8-13(4,5)9-12;1-9-5-10(2)7-12(6-9)11-3-4-13-8-11/h10-12H,6-9H2,1-5H3;9-12H,3-8H2,1-2H3. The van der Waals surface area contributed by atoms with Crippen LogP contribution in [0, 0.1) is 46.8 Å². The second-order valence-corrected chi connectivity index (χ2v) is 11.7. The molecule has 5 atom stereocenters. The SMILES string of the molecule is CC(C)CC1CC(C)CC(C)(C)C1.CC1CC(C)CC(C2CCOC2)C1. The number of hydrogen-bond donors (Lipinski definition) is 0. The zero-order valence-corrected chi connectivity index (χ0v) is 19.0. The maximum absolute atomic E-state index is 5.48. The Kier molecular flexibility index (Phi) is 8.51. The minimum absolute atomic E-state index is 0.608. The molecular weight excluding hydrogens is 316 g/mol. The Hall–Kier alpha value is -0.0400. The maximum Gasteiger partial charge on any atom is 0.0497 e. The summed E-state index contributed by atoms with van der Waals surface area (Å²) in [7, 11) is 0. The molecule has 3 fully saturated rings. The van der Waals surface area contributed by atoms with E-state index in [1.54, 1.807) is 0 Å². The van der Waals surface area contributed by atoms with Gasteiger partial charge >= 0.3 is 0 Å². The third-order valence-electron chi connectivity index (χ3n) is 7.13. The van der Waals surface area contributed by atoms with Gasteiger partial charge in [-0.3, -0.25) is 0 Å². The Morgan fingerprint density at radius 1 is 0.846 bits per heavy atom. The summed E-state index contributed by atoms with van der Waals surface area (Å²) in [6.07, 6.45) is 11.5. The molecule has 1 saturated heterocycles. The van der Waals surface area contributed by atoms with Crippen molar-refractivity contribution in [3.8, 4) is 0 Å². The van der Waals surface area contributed by atoms with Crippen LogP contribution in [0.1, 0.15) is 99.8 Å². The van der Waals surface area contributed by atoms with Gasteiger partial charge in [0.05, 0.1) is 0 Å². The van der Waals surface area contributed by atoms with Crippen molar-refractivity contribution in [2.45, 2.75) is 99.8 Å². The zero-order chi connectivity index (χ0) is 19.3. The van der Waals surface area contributed by atoms with Crippen molar-refractivity contribution in [1.29, 1.82) is 0 Å². The van der Waals surface area contributed by atoms with E-state index in [0.717, 1.165) is 54.6 Å². The van der Waals surface area contributed by atoms with E-state index in [-0.39, 0.29) is 0 Å². The Bertz CT molecular complexity index is 381. The molecule has 5 unspecified atom stereocenters. The van der Waals surface area contributed by atoms with Crippen LogP contribution in [0.25, 0.3) is 0 Å². The highest BCUT2D eigenvalue weighted by atomic mass is 16.5. The van der Waals surface area contributed by atoms with Crippen LogP contribution < -0.4 is 0 Å². The van der Waals surface area contributed by atoms with Gasteiger partial charge in [0.15, 0.2) is 0 Å². The van der Waals surface area contributed by atoms with Crippen LogP contribution in [0.3, 0.4) is 0 Å². The van der Waals surface area contributed by atoms with Crippen LogP contribution in [0.5, 0.6) is 0 Å². The molecule has 3 aliphatic rings. The first-order valence-electron chi connectivity index (χ1n) is 11.7. The first-order valence-corrected chi connectivity index (χ1v) is 11.7. The summed E-state index contributed by atoms with van der Waals surface area (Å²) in [5.41, 5.74) is 0.608. The Morgan fingerprint density at radius 3 is 2.00 bits per heavy atom. The van der Waals surface area contributed by atoms with E-state index in [2.05, 4.69) is 48.5 Å². The third kappa shape index (κ3) is 7.53. The van der Waals surface area contributed by atoms with E-state index in [9.17, 15) is 0 Å². The summed E-state index contributed by atoms with van der Waals surface area (Å²) in [5.74, 6) is 6.60. The molecule has 1 heteroatoms. The molecule has 0 spiro atoms. The van der Waals surface area contributed by atoms with E-state index >= 15 is 0 Å². The predicted octanol–water partition coefficient (Wildman–Crippen LogP) is 7.59. The second-order valence-electron chi connectivity index (χ2n) is 11.7. The topological polar surface area (TPSA) is 9.23 Å². The molecule has 0 N–H and O–H groups in total. The van der Waals surface area contributed by atoms with E-state index in [0.29, 0.717) is 5.41 Å². The molecule has 26 heavy (non-hydrogen) atoms. The highest BCUT2D eigenvalue weighted by Gasteiger charge is 2.32. The molecule has 0 radical (unpaired) electrons. The fourth-order valence-electron chi connectivity index (χ4n) is 6.71. The van der Waals surface area contributed by atoms with Crippen molar-refractivity contribution in [3.63, 3.8) is 0 Å². The Morgan fingerprint density at radius 2 is 1.50 bits per heavy atom. The smallest absolute Gasteiger partial charge is 0.0497 e. The van der Waals surface area contributed by atoms with Gasteiger partial charge in [-0.1, -0.05) is 48.5 Å². The van der Waals surface area contributed by atoms with Crippen molar-refractivity contribution < 1.29 is 4.74 Å². The largest absolute Gasteiger partial charge is 0.381 e. The molecule has 1 heterocycles. The zero-order valence-electron chi connectivity index (χ0n) is 19.0. The summed E-state index contributed by atoms with van der Waals surface area (Å²) in [4.78, 5) is 0. The van der Waals surface area contributed by atoms with E-state index in [1.165, 1.54) is 51.4 Å². The van der Waals surface area contributed by atoms with Crippen LogP contribution in [-0.2, 0) is 4.74 Å². The van der Waals surface area contributed by atoms with Crippen LogP contribution in [0.15, 0.2) is 0 Å². The van der Waals surface area contributed by atoms with Crippen molar-refractivity contribution in [3.05, 3.63) is 0 Å². The minimum atomic E-state index is 0.608. The van der Waals surface area contributed by atoms with Crippen LogP contribution in [0.4, 0.5) is 0 Å². The Labute approximate surface area is 165 Å². The lowest BCUT2D eigenvalue weighted by molar-refractivity contribution is 0.119. The third-order valence-corrected chi connectivity index (χ3v) is 7.13. The number of hydrogen-bond acceptors (Lipinski definition) is 1. The minimum Gasteiger partial charge on any atom is -0.381 e. The van der Waals surface area contributed by atoms with Gasteiger partial charge in [-0.2, -0.15) is 0 Å². The van der Waals surface area contributed by atoms with Crippen LogP contribution >= 0.6 is 0 Å². The van der Waals surface area contributed by atoms with Crippen molar-refractivity contribution in [2.75, 3.05) is 13.2 Å².